The lowest BCUT2D eigenvalue weighted by molar-refractivity contribution is 0.103. The zero-order valence-corrected chi connectivity index (χ0v) is 13.9. The number of hydrogen-bond acceptors (Lipinski definition) is 4. The Morgan fingerprint density at radius 2 is 2.08 bits per heavy atom. The van der Waals surface area contributed by atoms with Gasteiger partial charge in [0.2, 0.25) is 11.3 Å². The lowest BCUT2D eigenvalue weighted by Crippen LogP contribution is -2.17. The van der Waals surface area contributed by atoms with Crippen molar-refractivity contribution in [3.8, 4) is 0 Å². The molecule has 1 atom stereocenters. The van der Waals surface area contributed by atoms with Crippen LogP contribution in [0.25, 0.3) is 11.1 Å². The molecule has 2 N–H and O–H groups in total. The van der Waals surface area contributed by atoms with Gasteiger partial charge < -0.3 is 4.42 Å². The molecule has 0 bridgehead atoms. The Balaban J connectivity index is 1.78. The maximum absolute atomic E-state index is 13.9. The van der Waals surface area contributed by atoms with Gasteiger partial charge in [-0.2, -0.15) is 0 Å². The first kappa shape index (κ1) is 17.4. The highest BCUT2D eigenvalue weighted by Crippen LogP contribution is 2.19. The van der Waals surface area contributed by atoms with Crippen LogP contribution in [-0.2, 0) is 17.7 Å². The van der Waals surface area contributed by atoms with E-state index in [9.17, 15) is 13.4 Å². The molecule has 0 fully saturated rings. The summed E-state index contributed by atoms with van der Waals surface area (Å²) in [5.74, 6) is -0.811. The molecule has 0 radical (unpaired) electrons. The molecule has 2 aromatic carbocycles. The van der Waals surface area contributed by atoms with Crippen molar-refractivity contribution in [2.24, 2.45) is 0 Å². The number of nitrogens with zero attached hydrogens (tertiary/aromatic N) is 1. The van der Waals surface area contributed by atoms with Crippen LogP contribution in [-0.4, -0.2) is 26.1 Å². The molecule has 1 heterocycles. The third-order valence-electron chi connectivity index (χ3n) is 3.68. The summed E-state index contributed by atoms with van der Waals surface area (Å²) < 4.78 is 40.6. The summed E-state index contributed by atoms with van der Waals surface area (Å²) >= 11 is -2.06. The summed E-state index contributed by atoms with van der Waals surface area (Å²) in [5.41, 5.74) is 2.41. The highest BCUT2D eigenvalue weighted by molar-refractivity contribution is 7.77. The summed E-state index contributed by atoms with van der Waals surface area (Å²) in [4.78, 5) is 16.6. The third-order valence-corrected chi connectivity index (χ3v) is 4.13. The quantitative estimate of drug-likeness (QED) is 0.383. The van der Waals surface area contributed by atoms with Crippen LogP contribution in [0.5, 0.6) is 0 Å². The Hall–Kier alpha value is -2.42. The van der Waals surface area contributed by atoms with Crippen LogP contribution in [0.2, 0.25) is 0 Å². The van der Waals surface area contributed by atoms with Crippen LogP contribution in [0, 0.1) is 5.82 Å². The summed E-state index contributed by atoms with van der Waals surface area (Å²) in [6.07, 6.45) is 2.31. The van der Waals surface area contributed by atoms with Gasteiger partial charge in [0, 0.05) is 17.7 Å². The third kappa shape index (κ3) is 4.36. The Kier molecular flexibility index (Phi) is 5.32. The fraction of sp³-hybridized carbons (Fsp3) is 0.176. The van der Waals surface area contributed by atoms with Crippen LogP contribution in [0.15, 0.2) is 47.2 Å². The van der Waals surface area contributed by atoms with E-state index in [1.54, 1.807) is 24.3 Å². The first-order valence-corrected chi connectivity index (χ1v) is 8.65. The lowest BCUT2D eigenvalue weighted by Gasteiger charge is -2.06. The fourth-order valence-electron chi connectivity index (χ4n) is 2.54. The Morgan fingerprint density at radius 1 is 1.24 bits per heavy atom. The Labute approximate surface area is 145 Å². The molecule has 3 rings (SSSR count). The van der Waals surface area contributed by atoms with E-state index in [1.165, 1.54) is 18.5 Å². The van der Waals surface area contributed by atoms with Gasteiger partial charge in [0.1, 0.15) is 11.3 Å². The van der Waals surface area contributed by atoms with Gasteiger partial charge in [-0.25, -0.2) is 18.3 Å². The van der Waals surface area contributed by atoms with Gasteiger partial charge in [-0.1, -0.05) is 0 Å². The van der Waals surface area contributed by atoms with Crippen LogP contribution in [0.3, 0.4) is 0 Å². The molecule has 6 nitrogen and oxygen atoms in total. The molecule has 0 aliphatic carbocycles. The molecule has 0 saturated heterocycles. The van der Waals surface area contributed by atoms with Gasteiger partial charge in [-0.05, 0) is 54.8 Å². The molecule has 0 spiro atoms. The largest absolute Gasteiger partial charge is 0.443 e. The minimum absolute atomic E-state index is 0.243. The number of carbonyl (C=O) groups excluding carboxylic acids is 1. The molecular formula is C17H15FN2O4S. The van der Waals surface area contributed by atoms with E-state index in [0.29, 0.717) is 41.6 Å². The topological polar surface area (TPSA) is 92.4 Å². The molecule has 0 amide bonds. The van der Waals surface area contributed by atoms with Crippen molar-refractivity contribution in [3.05, 3.63) is 65.3 Å². The molecule has 1 aromatic heterocycles. The smallest absolute Gasteiger partial charge is 0.231 e. The molecule has 0 aliphatic heterocycles. The first-order chi connectivity index (χ1) is 12.0. The fourth-order valence-corrected chi connectivity index (χ4v) is 2.86. The molecule has 130 valence electrons. The first-order valence-electron chi connectivity index (χ1n) is 7.55. The number of carbonyl (C=O) groups is 1. The van der Waals surface area contributed by atoms with Gasteiger partial charge in [0.25, 0.3) is 0 Å². The van der Waals surface area contributed by atoms with E-state index < -0.39 is 17.1 Å². The highest BCUT2D eigenvalue weighted by atomic mass is 32.2. The lowest BCUT2D eigenvalue weighted by atomic mass is 9.99. The summed E-state index contributed by atoms with van der Waals surface area (Å²) in [5, 5.41) is 0. The number of benzene rings is 2. The second-order valence-corrected chi connectivity index (χ2v) is 6.25. The molecule has 25 heavy (non-hydrogen) atoms. The second-order valence-electron chi connectivity index (χ2n) is 5.46. The number of aryl methyl sites for hydroxylation is 1. The Bertz CT molecular complexity index is 941. The molecule has 1 unspecified atom stereocenters. The van der Waals surface area contributed by atoms with Gasteiger partial charge in [-0.15, -0.1) is 0 Å². The summed E-state index contributed by atoms with van der Waals surface area (Å²) in [6, 6.07) is 9.05. The number of oxazole rings is 1. The van der Waals surface area contributed by atoms with E-state index in [-0.39, 0.29) is 11.3 Å². The van der Waals surface area contributed by atoms with Crippen molar-refractivity contribution in [1.82, 2.24) is 9.71 Å². The molecular weight excluding hydrogens is 347 g/mol. The summed E-state index contributed by atoms with van der Waals surface area (Å²) in [7, 11) is 0. The van der Waals surface area contributed by atoms with Gasteiger partial charge in [-0.3, -0.25) is 9.35 Å². The highest BCUT2D eigenvalue weighted by Gasteiger charge is 2.13. The minimum Gasteiger partial charge on any atom is -0.443 e. The van der Waals surface area contributed by atoms with Crippen LogP contribution >= 0.6 is 0 Å². The number of aromatic nitrogens is 1. The van der Waals surface area contributed by atoms with Crippen molar-refractivity contribution in [3.63, 3.8) is 0 Å². The zero-order valence-electron chi connectivity index (χ0n) is 13.1. The molecule has 3 aromatic rings. The van der Waals surface area contributed by atoms with Crippen LogP contribution < -0.4 is 4.72 Å². The van der Waals surface area contributed by atoms with Crippen molar-refractivity contribution in [1.29, 1.82) is 0 Å². The van der Waals surface area contributed by atoms with Crippen LogP contribution in [0.4, 0.5) is 4.39 Å². The normalized spacial score (nSPS) is 12.4. The number of nitrogens with one attached hydrogen (secondary N) is 1. The van der Waals surface area contributed by atoms with Gasteiger partial charge in [0.05, 0.1) is 0 Å². The maximum Gasteiger partial charge on any atom is 0.231 e. The standard InChI is InChI=1S/C17H15FN2O4S/c18-14-7-11(2-1-5-20-25(22)23)6-13(8-14)17(21)12-3-4-15-16(9-12)24-10-19-15/h3-4,6-10,20H,1-2,5H2,(H,22,23). The van der Waals surface area contributed by atoms with Crippen molar-refractivity contribution in [2.75, 3.05) is 6.54 Å². The Morgan fingerprint density at radius 3 is 2.88 bits per heavy atom. The number of rotatable bonds is 7. The van der Waals surface area contributed by atoms with Crippen molar-refractivity contribution in [2.45, 2.75) is 12.8 Å². The van der Waals surface area contributed by atoms with Crippen LogP contribution in [0.1, 0.15) is 27.9 Å². The van der Waals surface area contributed by atoms with Crippen molar-refractivity contribution >= 4 is 28.1 Å². The molecule has 0 saturated carbocycles. The van der Waals surface area contributed by atoms with E-state index in [1.807, 2.05) is 0 Å². The van der Waals surface area contributed by atoms with Crippen molar-refractivity contribution < 1.29 is 22.4 Å². The number of fused-ring (bicyclic) bond motifs is 1. The van der Waals surface area contributed by atoms with E-state index in [0.717, 1.165) is 0 Å². The average molecular weight is 362 g/mol. The second kappa shape index (κ2) is 7.64. The molecule has 0 aliphatic rings. The average Bonchev–Trinajstić information content (AvgIpc) is 3.05. The summed E-state index contributed by atoms with van der Waals surface area (Å²) in [6.45, 7) is 0.311. The molecule has 8 heteroatoms. The zero-order chi connectivity index (χ0) is 17.8. The van der Waals surface area contributed by atoms with Gasteiger partial charge >= 0.3 is 0 Å². The van der Waals surface area contributed by atoms with E-state index in [4.69, 9.17) is 8.97 Å². The number of halogens is 1. The van der Waals surface area contributed by atoms with Gasteiger partial charge in [0.15, 0.2) is 17.8 Å². The maximum atomic E-state index is 13.9. The number of hydrogen-bond donors (Lipinski definition) is 2. The number of ketones is 1. The predicted molar refractivity (Wildman–Crippen MR) is 90.9 cm³/mol. The van der Waals surface area contributed by atoms with E-state index in [2.05, 4.69) is 9.71 Å². The minimum atomic E-state index is -2.06. The monoisotopic (exact) mass is 362 g/mol. The predicted octanol–water partition coefficient (Wildman–Crippen LogP) is 2.86. The van der Waals surface area contributed by atoms with E-state index >= 15 is 0 Å². The SMILES string of the molecule is O=C(c1cc(F)cc(CCCNS(=O)O)c1)c1ccc2ncoc2c1.